The zero-order valence-electron chi connectivity index (χ0n) is 8.72. The molecule has 0 saturated carbocycles. The minimum absolute atomic E-state index is 0.0948. The monoisotopic (exact) mass is 264 g/mol. The number of nitrogens with zero attached hydrogens (tertiary/aromatic N) is 2. The third-order valence-corrected chi connectivity index (χ3v) is 2.73. The Bertz CT molecular complexity index is 577. The second-order valence-electron chi connectivity index (χ2n) is 3.57. The van der Waals surface area contributed by atoms with E-state index in [0.717, 1.165) is 12.3 Å². The number of aliphatic hydroxyl groups excluding tert-OH is 1. The van der Waals surface area contributed by atoms with Gasteiger partial charge in [0.2, 0.25) is 0 Å². The number of hydrogen-bond donors (Lipinski definition) is 1. The zero-order chi connectivity index (χ0) is 12.8. The predicted molar refractivity (Wildman–Crippen MR) is 55.9 cm³/mol. The maximum Gasteiger partial charge on any atom is 0.417 e. The van der Waals surface area contributed by atoms with Gasteiger partial charge >= 0.3 is 6.18 Å². The summed E-state index contributed by atoms with van der Waals surface area (Å²) < 4.78 is 38.9. The fourth-order valence-corrected chi connectivity index (χ4v) is 1.86. The van der Waals surface area contributed by atoms with E-state index in [4.69, 9.17) is 16.7 Å². The highest BCUT2D eigenvalue weighted by Crippen LogP contribution is 2.32. The number of pyridine rings is 1. The fraction of sp³-hybridized carbons (Fsp3) is 0.300. The van der Waals surface area contributed by atoms with Gasteiger partial charge in [-0.3, -0.25) is 4.40 Å². The molecule has 0 saturated heterocycles. The van der Waals surface area contributed by atoms with Crippen LogP contribution in [0.3, 0.4) is 0 Å². The number of aromatic nitrogens is 2. The first-order valence-electron chi connectivity index (χ1n) is 4.69. The normalized spacial score (nSPS) is 12.4. The minimum Gasteiger partial charge on any atom is -0.390 e. The molecule has 0 aliphatic carbocycles. The van der Waals surface area contributed by atoms with Gasteiger partial charge in [-0.05, 0) is 13.0 Å². The molecule has 0 atom stereocenters. The Morgan fingerprint density at radius 3 is 2.65 bits per heavy atom. The summed E-state index contributed by atoms with van der Waals surface area (Å²) in [4.78, 5) is 4.01. The number of aliphatic hydroxyl groups is 1. The van der Waals surface area contributed by atoms with Crippen LogP contribution in [0.2, 0.25) is 5.02 Å². The van der Waals surface area contributed by atoms with Crippen LogP contribution in [0.4, 0.5) is 13.2 Å². The van der Waals surface area contributed by atoms with Crippen molar-refractivity contribution in [1.82, 2.24) is 9.38 Å². The Labute approximate surface area is 99.5 Å². The summed E-state index contributed by atoms with van der Waals surface area (Å²) >= 11 is 5.75. The molecule has 0 aromatic carbocycles. The third kappa shape index (κ3) is 1.98. The minimum atomic E-state index is -4.48. The first kappa shape index (κ1) is 12.2. The lowest BCUT2D eigenvalue weighted by Gasteiger charge is -2.09. The van der Waals surface area contributed by atoms with Crippen LogP contribution < -0.4 is 0 Å². The predicted octanol–water partition coefficient (Wildman–Crippen LogP) is 2.81. The highest BCUT2D eigenvalue weighted by molar-refractivity contribution is 6.33. The number of aryl methyl sites for hydroxylation is 1. The van der Waals surface area contributed by atoms with Crippen molar-refractivity contribution in [3.8, 4) is 0 Å². The van der Waals surface area contributed by atoms with Gasteiger partial charge in [0.1, 0.15) is 0 Å². The van der Waals surface area contributed by atoms with Crippen molar-refractivity contribution < 1.29 is 18.3 Å². The molecule has 0 fully saturated rings. The van der Waals surface area contributed by atoms with E-state index < -0.39 is 18.3 Å². The number of halogens is 4. The number of alkyl halides is 3. The van der Waals surface area contributed by atoms with Gasteiger partial charge in [-0.1, -0.05) is 11.6 Å². The van der Waals surface area contributed by atoms with E-state index in [9.17, 15) is 13.2 Å². The van der Waals surface area contributed by atoms with Crippen LogP contribution >= 0.6 is 11.6 Å². The van der Waals surface area contributed by atoms with E-state index in [0.29, 0.717) is 11.4 Å². The molecule has 2 rings (SSSR count). The van der Waals surface area contributed by atoms with Crippen molar-refractivity contribution in [2.24, 2.45) is 0 Å². The van der Waals surface area contributed by atoms with Gasteiger partial charge in [0.05, 0.1) is 28.6 Å². The van der Waals surface area contributed by atoms with E-state index in [-0.39, 0.29) is 10.7 Å². The van der Waals surface area contributed by atoms with Gasteiger partial charge in [-0.2, -0.15) is 13.2 Å². The van der Waals surface area contributed by atoms with Crippen molar-refractivity contribution >= 4 is 17.2 Å². The molecule has 0 radical (unpaired) electrons. The van der Waals surface area contributed by atoms with Gasteiger partial charge in [-0.15, -0.1) is 0 Å². The molecule has 0 aliphatic rings. The highest BCUT2D eigenvalue weighted by atomic mass is 35.5. The largest absolute Gasteiger partial charge is 0.417 e. The number of hydrogen-bond acceptors (Lipinski definition) is 2. The highest BCUT2D eigenvalue weighted by Gasteiger charge is 2.32. The Kier molecular flexibility index (Phi) is 2.79. The van der Waals surface area contributed by atoms with Crippen molar-refractivity contribution in [2.45, 2.75) is 19.7 Å². The van der Waals surface area contributed by atoms with Crippen LogP contribution in [-0.4, -0.2) is 14.5 Å². The maximum atomic E-state index is 12.6. The average Bonchev–Trinajstić information content (AvgIpc) is 2.53. The van der Waals surface area contributed by atoms with Crippen LogP contribution in [0, 0.1) is 6.92 Å². The summed E-state index contributed by atoms with van der Waals surface area (Å²) in [6.45, 7) is 1.20. The Hall–Kier alpha value is -1.27. The molecule has 0 spiro atoms. The van der Waals surface area contributed by atoms with Crippen LogP contribution in [-0.2, 0) is 12.8 Å². The van der Waals surface area contributed by atoms with E-state index in [1.54, 1.807) is 6.92 Å². The molecule has 0 bridgehead atoms. The van der Waals surface area contributed by atoms with Crippen LogP contribution in [0.25, 0.3) is 5.65 Å². The second-order valence-corrected chi connectivity index (χ2v) is 3.98. The van der Waals surface area contributed by atoms with E-state index >= 15 is 0 Å². The van der Waals surface area contributed by atoms with Crippen molar-refractivity contribution in [3.05, 3.63) is 34.2 Å². The van der Waals surface area contributed by atoms with Gasteiger partial charge in [0, 0.05) is 6.20 Å². The first-order valence-corrected chi connectivity index (χ1v) is 5.07. The Morgan fingerprint density at radius 2 is 2.12 bits per heavy atom. The molecule has 2 aromatic heterocycles. The summed E-state index contributed by atoms with van der Waals surface area (Å²) in [5.74, 6) is 0. The number of rotatable bonds is 1. The van der Waals surface area contributed by atoms with E-state index in [2.05, 4.69) is 4.98 Å². The summed E-state index contributed by atoms with van der Waals surface area (Å²) in [6.07, 6.45) is -3.60. The van der Waals surface area contributed by atoms with E-state index in [1.165, 1.54) is 4.40 Å². The topological polar surface area (TPSA) is 37.5 Å². The smallest absolute Gasteiger partial charge is 0.390 e. The molecule has 7 heteroatoms. The summed E-state index contributed by atoms with van der Waals surface area (Å²) in [7, 11) is 0. The average molecular weight is 265 g/mol. The quantitative estimate of drug-likeness (QED) is 0.860. The molecule has 2 heterocycles. The molecule has 2 aromatic rings. The number of imidazole rings is 1. The molecule has 0 amide bonds. The molecule has 1 N–H and O–H groups in total. The molecule has 0 unspecified atom stereocenters. The molecule has 3 nitrogen and oxygen atoms in total. The molecular weight excluding hydrogens is 257 g/mol. The van der Waals surface area contributed by atoms with E-state index in [1.807, 2.05) is 0 Å². The first-order chi connectivity index (χ1) is 7.84. The van der Waals surface area contributed by atoms with Gasteiger partial charge in [0.15, 0.2) is 5.65 Å². The van der Waals surface area contributed by atoms with Crippen LogP contribution in [0.5, 0.6) is 0 Å². The van der Waals surface area contributed by atoms with Crippen LogP contribution in [0.15, 0.2) is 12.3 Å². The van der Waals surface area contributed by atoms with Gasteiger partial charge < -0.3 is 5.11 Å². The second kappa shape index (κ2) is 3.89. The number of fused-ring (bicyclic) bond motifs is 1. The maximum absolute atomic E-state index is 12.6. The lowest BCUT2D eigenvalue weighted by atomic mass is 10.2. The third-order valence-electron chi connectivity index (χ3n) is 2.45. The summed E-state index contributed by atoms with van der Waals surface area (Å²) in [6, 6.07) is 0.824. The van der Waals surface area contributed by atoms with Crippen molar-refractivity contribution in [1.29, 1.82) is 0 Å². The van der Waals surface area contributed by atoms with Crippen LogP contribution in [0.1, 0.15) is 17.0 Å². The standard InChI is InChI=1S/C10H8ClF3N2O/c1-5-8(4-17)16-3-6(10(12,13)14)2-7(11)9(16)15-5/h2-3,17H,4H2,1H3. The molecule has 0 aliphatic heterocycles. The van der Waals surface area contributed by atoms with Gasteiger partial charge in [0.25, 0.3) is 0 Å². The molecular formula is C10H8ClF3N2O. The van der Waals surface area contributed by atoms with Crippen molar-refractivity contribution in [2.75, 3.05) is 0 Å². The summed E-state index contributed by atoms with van der Waals surface area (Å²) in [5, 5.41) is 9.01. The lowest BCUT2D eigenvalue weighted by molar-refractivity contribution is -0.137. The zero-order valence-corrected chi connectivity index (χ0v) is 9.47. The Balaban J connectivity index is 2.79. The molecule has 92 valence electrons. The lowest BCUT2D eigenvalue weighted by Crippen LogP contribution is -2.07. The van der Waals surface area contributed by atoms with Gasteiger partial charge in [-0.25, -0.2) is 4.98 Å². The SMILES string of the molecule is Cc1nc2c(Cl)cc(C(F)(F)F)cn2c1CO. The molecule has 17 heavy (non-hydrogen) atoms. The summed E-state index contributed by atoms with van der Waals surface area (Å²) in [5.41, 5.74) is 0.0880. The fourth-order valence-electron chi connectivity index (χ4n) is 1.61. The van der Waals surface area contributed by atoms with Crippen molar-refractivity contribution in [3.63, 3.8) is 0 Å². The Morgan fingerprint density at radius 1 is 1.47 bits per heavy atom.